The van der Waals surface area contributed by atoms with Crippen molar-refractivity contribution in [3.8, 4) is 5.75 Å². The number of amides is 1. The van der Waals surface area contributed by atoms with Gasteiger partial charge in [0.1, 0.15) is 5.75 Å². The van der Waals surface area contributed by atoms with E-state index < -0.39 is 0 Å². The van der Waals surface area contributed by atoms with Gasteiger partial charge in [-0.2, -0.15) is 0 Å². The van der Waals surface area contributed by atoms with E-state index in [-0.39, 0.29) is 5.91 Å². The van der Waals surface area contributed by atoms with Crippen molar-refractivity contribution in [3.63, 3.8) is 0 Å². The number of carbonyl (C=O) groups is 1. The zero-order chi connectivity index (χ0) is 16.5. The molecule has 4 heteroatoms. The van der Waals surface area contributed by atoms with Gasteiger partial charge in [0.05, 0.1) is 26.2 Å². The largest absolute Gasteiger partial charge is 0.493 e. The highest BCUT2D eigenvalue weighted by atomic mass is 16.5. The Morgan fingerprint density at radius 1 is 1.30 bits per heavy atom. The summed E-state index contributed by atoms with van der Waals surface area (Å²) < 4.78 is 5.57. The molecule has 0 bridgehead atoms. The number of piperidine rings is 1. The maximum atomic E-state index is 12.1. The molecule has 0 unspecified atom stereocenters. The maximum absolute atomic E-state index is 12.1. The van der Waals surface area contributed by atoms with E-state index in [2.05, 4.69) is 12.2 Å². The SMILES string of the molecule is CCC[NH+]1CCC(NC(=O)/C=C/c2ccccc2OCC)CC1. The van der Waals surface area contributed by atoms with Crippen molar-refractivity contribution in [1.82, 2.24) is 5.32 Å². The van der Waals surface area contributed by atoms with Gasteiger partial charge in [-0.25, -0.2) is 0 Å². The van der Waals surface area contributed by atoms with Crippen molar-refractivity contribution in [3.05, 3.63) is 35.9 Å². The predicted molar refractivity (Wildman–Crippen MR) is 93.7 cm³/mol. The lowest BCUT2D eigenvalue weighted by Gasteiger charge is -2.29. The molecule has 0 aromatic heterocycles. The molecule has 2 N–H and O–H groups in total. The highest BCUT2D eigenvalue weighted by Gasteiger charge is 2.21. The lowest BCUT2D eigenvalue weighted by atomic mass is 10.0. The second-order valence-electron chi connectivity index (χ2n) is 6.09. The number of quaternary nitrogens is 1. The van der Waals surface area contributed by atoms with Crippen LogP contribution in [-0.4, -0.2) is 38.2 Å². The first-order valence-corrected chi connectivity index (χ1v) is 8.77. The predicted octanol–water partition coefficient (Wildman–Crippen LogP) is 1.67. The molecule has 1 aromatic rings. The molecule has 1 aliphatic heterocycles. The lowest BCUT2D eigenvalue weighted by Crippen LogP contribution is -3.13. The lowest BCUT2D eigenvalue weighted by molar-refractivity contribution is -0.905. The fraction of sp³-hybridized carbons (Fsp3) is 0.526. The van der Waals surface area contributed by atoms with Gasteiger partial charge in [0.2, 0.25) is 5.91 Å². The van der Waals surface area contributed by atoms with Crippen LogP contribution in [0.4, 0.5) is 0 Å². The van der Waals surface area contributed by atoms with Crippen LogP contribution in [0.5, 0.6) is 5.75 Å². The molecule has 4 nitrogen and oxygen atoms in total. The zero-order valence-electron chi connectivity index (χ0n) is 14.3. The molecule has 0 spiro atoms. The van der Waals surface area contributed by atoms with E-state index in [0.717, 1.165) is 37.2 Å². The number of rotatable bonds is 7. The van der Waals surface area contributed by atoms with Crippen molar-refractivity contribution in [2.45, 2.75) is 39.2 Å². The third-order valence-electron chi connectivity index (χ3n) is 4.28. The van der Waals surface area contributed by atoms with Crippen LogP contribution in [0.1, 0.15) is 38.7 Å². The summed E-state index contributed by atoms with van der Waals surface area (Å²) in [5, 5.41) is 3.12. The summed E-state index contributed by atoms with van der Waals surface area (Å²) in [6.07, 6.45) is 6.82. The molecule has 1 amide bonds. The molecular formula is C19H29N2O2+. The van der Waals surface area contributed by atoms with Crippen LogP contribution in [0.25, 0.3) is 6.08 Å². The summed E-state index contributed by atoms with van der Waals surface area (Å²) in [5.41, 5.74) is 0.937. The fourth-order valence-electron chi connectivity index (χ4n) is 3.09. The molecule has 0 aliphatic carbocycles. The summed E-state index contributed by atoms with van der Waals surface area (Å²) in [5.74, 6) is 0.802. The van der Waals surface area contributed by atoms with Crippen LogP contribution in [0.2, 0.25) is 0 Å². The average Bonchev–Trinajstić information content (AvgIpc) is 2.56. The quantitative estimate of drug-likeness (QED) is 0.751. The van der Waals surface area contributed by atoms with Gasteiger partial charge >= 0.3 is 0 Å². The Kier molecular flexibility index (Phi) is 7.14. The fourth-order valence-corrected chi connectivity index (χ4v) is 3.09. The Hall–Kier alpha value is -1.81. The van der Waals surface area contributed by atoms with Gasteiger partial charge in [-0.3, -0.25) is 4.79 Å². The normalized spacial score (nSPS) is 21.3. The molecule has 1 aromatic carbocycles. The molecular weight excluding hydrogens is 288 g/mol. The molecule has 0 radical (unpaired) electrons. The Bertz CT molecular complexity index is 520. The minimum Gasteiger partial charge on any atom is -0.493 e. The minimum atomic E-state index is -0.0137. The molecule has 1 saturated heterocycles. The minimum absolute atomic E-state index is 0.0137. The van der Waals surface area contributed by atoms with Crippen LogP contribution in [0, 0.1) is 0 Å². The smallest absolute Gasteiger partial charge is 0.244 e. The van der Waals surface area contributed by atoms with Crippen molar-refractivity contribution in [1.29, 1.82) is 0 Å². The van der Waals surface area contributed by atoms with E-state index in [1.54, 1.807) is 11.0 Å². The summed E-state index contributed by atoms with van der Waals surface area (Å²) in [6.45, 7) is 8.38. The van der Waals surface area contributed by atoms with Crippen molar-refractivity contribution < 1.29 is 14.4 Å². The Morgan fingerprint density at radius 2 is 2.04 bits per heavy atom. The Labute approximate surface area is 139 Å². The van der Waals surface area contributed by atoms with E-state index in [1.807, 2.05) is 37.3 Å². The molecule has 2 rings (SSSR count). The highest BCUT2D eigenvalue weighted by Crippen LogP contribution is 2.19. The standard InChI is InChI=1S/C19H28N2O2/c1-3-13-21-14-11-17(12-15-21)20-19(22)10-9-16-7-5-6-8-18(16)23-4-2/h5-10,17H,3-4,11-15H2,1-2H3,(H,20,22)/p+1/b10-9+. The topological polar surface area (TPSA) is 42.8 Å². The molecule has 1 heterocycles. The number of para-hydroxylation sites is 1. The Balaban J connectivity index is 1.83. The van der Waals surface area contributed by atoms with E-state index in [0.29, 0.717) is 12.6 Å². The van der Waals surface area contributed by atoms with Gasteiger partial charge in [-0.1, -0.05) is 25.1 Å². The van der Waals surface area contributed by atoms with Crippen molar-refractivity contribution >= 4 is 12.0 Å². The number of likely N-dealkylation sites (tertiary alicyclic amines) is 1. The summed E-state index contributed by atoms with van der Waals surface area (Å²) in [7, 11) is 0. The van der Waals surface area contributed by atoms with E-state index in [9.17, 15) is 4.79 Å². The van der Waals surface area contributed by atoms with Crippen molar-refractivity contribution in [2.75, 3.05) is 26.2 Å². The van der Waals surface area contributed by atoms with Crippen LogP contribution < -0.4 is 15.0 Å². The zero-order valence-corrected chi connectivity index (χ0v) is 14.3. The molecule has 0 atom stereocenters. The second kappa shape index (κ2) is 9.36. The first-order valence-electron chi connectivity index (χ1n) is 8.77. The van der Waals surface area contributed by atoms with Crippen LogP contribution in [-0.2, 0) is 4.79 Å². The summed E-state index contributed by atoms with van der Waals surface area (Å²) in [4.78, 5) is 13.8. The van der Waals surface area contributed by atoms with Crippen LogP contribution in [0.15, 0.2) is 30.3 Å². The number of hydrogen-bond acceptors (Lipinski definition) is 2. The molecule has 1 aliphatic rings. The number of nitrogens with one attached hydrogen (secondary N) is 2. The second-order valence-corrected chi connectivity index (χ2v) is 6.09. The summed E-state index contributed by atoms with van der Waals surface area (Å²) >= 11 is 0. The van der Waals surface area contributed by atoms with Gasteiger partial charge in [0.25, 0.3) is 0 Å². The number of hydrogen-bond donors (Lipinski definition) is 2. The average molecular weight is 317 g/mol. The first kappa shape index (κ1) is 17.5. The van der Waals surface area contributed by atoms with Gasteiger partial charge < -0.3 is 15.0 Å². The maximum Gasteiger partial charge on any atom is 0.244 e. The van der Waals surface area contributed by atoms with E-state index in [1.165, 1.54) is 13.0 Å². The number of ether oxygens (including phenoxy) is 1. The van der Waals surface area contributed by atoms with Gasteiger partial charge in [-0.05, 0) is 25.5 Å². The summed E-state index contributed by atoms with van der Waals surface area (Å²) in [6, 6.07) is 8.09. The van der Waals surface area contributed by atoms with Crippen LogP contribution in [0.3, 0.4) is 0 Å². The Morgan fingerprint density at radius 3 is 2.74 bits per heavy atom. The molecule has 126 valence electrons. The molecule has 23 heavy (non-hydrogen) atoms. The monoisotopic (exact) mass is 317 g/mol. The first-order chi connectivity index (χ1) is 11.2. The van der Waals surface area contributed by atoms with Gasteiger partial charge in [0, 0.05) is 30.5 Å². The van der Waals surface area contributed by atoms with Gasteiger partial charge in [0.15, 0.2) is 0 Å². The highest BCUT2D eigenvalue weighted by molar-refractivity contribution is 5.92. The third kappa shape index (κ3) is 5.71. The van der Waals surface area contributed by atoms with Gasteiger partial charge in [-0.15, -0.1) is 0 Å². The van der Waals surface area contributed by atoms with E-state index >= 15 is 0 Å². The third-order valence-corrected chi connectivity index (χ3v) is 4.28. The number of carbonyl (C=O) groups excluding carboxylic acids is 1. The van der Waals surface area contributed by atoms with E-state index in [4.69, 9.17) is 4.74 Å². The van der Waals surface area contributed by atoms with Crippen LogP contribution >= 0.6 is 0 Å². The van der Waals surface area contributed by atoms with Crippen molar-refractivity contribution in [2.24, 2.45) is 0 Å². The molecule has 1 fully saturated rings. The molecule has 0 saturated carbocycles. The number of benzene rings is 1.